The fourth-order valence-electron chi connectivity index (χ4n) is 3.07. The van der Waals surface area contributed by atoms with Crippen LogP contribution >= 0.6 is 0 Å². The first-order chi connectivity index (χ1) is 13.6. The van der Waals surface area contributed by atoms with Gasteiger partial charge >= 0.3 is 5.69 Å². The van der Waals surface area contributed by atoms with E-state index in [1.165, 1.54) is 6.08 Å². The van der Waals surface area contributed by atoms with Crippen LogP contribution in [0.15, 0.2) is 63.1 Å². The van der Waals surface area contributed by atoms with Crippen LogP contribution < -0.4 is 11.2 Å². The third-order valence-electron chi connectivity index (χ3n) is 4.46. The predicted molar refractivity (Wildman–Crippen MR) is 106 cm³/mol. The van der Waals surface area contributed by atoms with Crippen molar-refractivity contribution in [2.24, 2.45) is 4.99 Å². The molecule has 4 rings (SSSR count). The highest BCUT2D eigenvalue weighted by molar-refractivity contribution is 6.21. The third-order valence-corrected chi connectivity index (χ3v) is 4.46. The maximum absolute atomic E-state index is 12.3. The monoisotopic (exact) mass is 370 g/mol. The molecule has 2 aromatic carbocycles. The van der Waals surface area contributed by atoms with Gasteiger partial charge in [0.2, 0.25) is 5.88 Å². The molecule has 7 heteroatoms. The largest absolute Gasteiger partial charge is 0.494 e. The van der Waals surface area contributed by atoms with Crippen molar-refractivity contribution in [3.05, 3.63) is 86.1 Å². The highest BCUT2D eigenvalue weighted by Gasteiger charge is 2.17. The molecule has 0 aliphatic carbocycles. The van der Waals surface area contributed by atoms with Crippen LogP contribution in [0.3, 0.4) is 0 Å². The number of aromatic nitrogens is 2. The maximum Gasteiger partial charge on any atom is 0.335 e. The van der Waals surface area contributed by atoms with E-state index >= 15 is 0 Å². The van der Waals surface area contributed by atoms with Crippen molar-refractivity contribution in [3.63, 3.8) is 0 Å². The number of aliphatic imine (C=N–C) groups is 1. The highest BCUT2D eigenvalue weighted by Crippen LogP contribution is 2.32. The first-order valence-electron chi connectivity index (χ1n) is 8.48. The Morgan fingerprint density at radius 2 is 1.89 bits per heavy atom. The van der Waals surface area contributed by atoms with Crippen molar-refractivity contribution >= 4 is 23.6 Å². The molecule has 1 aliphatic heterocycles. The van der Waals surface area contributed by atoms with Gasteiger partial charge in [-0.25, -0.2) is 9.36 Å². The summed E-state index contributed by atoms with van der Waals surface area (Å²) in [6, 6.07) is 16.1. The van der Waals surface area contributed by atoms with E-state index in [1.807, 2.05) is 30.3 Å². The van der Waals surface area contributed by atoms with Gasteiger partial charge in [0.05, 0.1) is 23.9 Å². The lowest BCUT2D eigenvalue weighted by Crippen LogP contribution is -2.30. The number of allylic oxidation sites excluding steroid dienone is 1. The van der Waals surface area contributed by atoms with Gasteiger partial charge in [-0.15, -0.1) is 0 Å². The molecule has 7 nitrogen and oxygen atoms in total. The number of hydrogen-bond acceptors (Lipinski definition) is 5. The summed E-state index contributed by atoms with van der Waals surface area (Å²) >= 11 is 0. The number of rotatable bonds is 3. The summed E-state index contributed by atoms with van der Waals surface area (Å²) < 4.78 is 1.02. The van der Waals surface area contributed by atoms with Gasteiger partial charge in [-0.2, -0.15) is 5.26 Å². The van der Waals surface area contributed by atoms with Gasteiger partial charge in [0, 0.05) is 17.4 Å². The summed E-state index contributed by atoms with van der Waals surface area (Å²) in [7, 11) is 0. The number of aromatic hydroxyl groups is 1. The van der Waals surface area contributed by atoms with Crippen LogP contribution in [0.5, 0.6) is 5.88 Å². The van der Waals surface area contributed by atoms with Crippen LogP contribution in [0.2, 0.25) is 0 Å². The Labute approximate surface area is 159 Å². The summed E-state index contributed by atoms with van der Waals surface area (Å²) in [6.45, 7) is 0. The lowest BCUT2D eigenvalue weighted by atomic mass is 10.1. The van der Waals surface area contributed by atoms with Gasteiger partial charge in [0.25, 0.3) is 5.56 Å². The predicted octanol–water partition coefficient (Wildman–Crippen LogP) is 2.55. The van der Waals surface area contributed by atoms with Crippen molar-refractivity contribution in [2.75, 3.05) is 0 Å². The van der Waals surface area contributed by atoms with E-state index < -0.39 is 17.1 Å². The molecule has 0 unspecified atom stereocenters. The fraction of sp³-hybridized carbons (Fsp3) is 0.0476. The van der Waals surface area contributed by atoms with Gasteiger partial charge in [0.1, 0.15) is 5.56 Å². The van der Waals surface area contributed by atoms with Crippen LogP contribution in [0.25, 0.3) is 17.3 Å². The average Bonchev–Trinajstić information content (AvgIpc) is 3.09. The van der Waals surface area contributed by atoms with E-state index in [4.69, 9.17) is 5.26 Å². The van der Waals surface area contributed by atoms with Gasteiger partial charge < -0.3 is 5.11 Å². The molecule has 2 heterocycles. The SMILES string of the molecule is N#CCc1ccc(-n2c(O)c(/C=C3\C=Nc4ccccc43)c(=O)[nH]c2=O)cc1. The number of nitriles is 1. The maximum atomic E-state index is 12.3. The molecular formula is C21H14N4O3. The highest BCUT2D eigenvalue weighted by atomic mass is 16.3. The fourth-order valence-corrected chi connectivity index (χ4v) is 3.07. The van der Waals surface area contributed by atoms with Crippen molar-refractivity contribution < 1.29 is 5.11 Å². The Morgan fingerprint density at radius 1 is 1.14 bits per heavy atom. The Kier molecular flexibility index (Phi) is 4.22. The van der Waals surface area contributed by atoms with E-state index in [1.54, 1.807) is 30.5 Å². The van der Waals surface area contributed by atoms with Crippen LogP contribution in [-0.2, 0) is 6.42 Å². The molecule has 0 radical (unpaired) electrons. The molecule has 3 aromatic rings. The minimum Gasteiger partial charge on any atom is -0.494 e. The standard InChI is InChI=1S/C21H14N4O3/c22-10-9-13-5-7-15(8-6-13)25-20(27)17(19(26)24-21(25)28)11-14-12-23-18-4-2-1-3-16(14)18/h1-8,11-12,27H,9H2,(H,24,26,28)/b14-11+. The van der Waals surface area contributed by atoms with Crippen molar-refractivity contribution in [1.29, 1.82) is 5.26 Å². The molecule has 0 atom stereocenters. The molecule has 2 N–H and O–H groups in total. The number of hydrogen-bond donors (Lipinski definition) is 2. The first kappa shape index (κ1) is 17.2. The van der Waals surface area contributed by atoms with Gasteiger partial charge in [-0.05, 0) is 29.8 Å². The number of benzene rings is 2. The number of para-hydroxylation sites is 1. The topological polar surface area (TPSA) is 111 Å². The normalized spacial score (nSPS) is 13.5. The number of aromatic amines is 1. The smallest absolute Gasteiger partial charge is 0.335 e. The van der Waals surface area contributed by atoms with Crippen molar-refractivity contribution in [3.8, 4) is 17.6 Å². The molecule has 0 saturated carbocycles. The zero-order valence-electron chi connectivity index (χ0n) is 14.6. The first-order valence-corrected chi connectivity index (χ1v) is 8.48. The Morgan fingerprint density at radius 3 is 2.64 bits per heavy atom. The minimum absolute atomic E-state index is 0.0427. The molecule has 0 amide bonds. The number of nitrogens with zero attached hydrogens (tertiary/aromatic N) is 3. The quantitative estimate of drug-likeness (QED) is 0.738. The molecule has 0 saturated heterocycles. The zero-order chi connectivity index (χ0) is 19.7. The van der Waals surface area contributed by atoms with Gasteiger partial charge in [-0.3, -0.25) is 14.8 Å². The lowest BCUT2D eigenvalue weighted by Gasteiger charge is -2.10. The van der Waals surface area contributed by atoms with Crippen molar-refractivity contribution in [2.45, 2.75) is 6.42 Å². The van der Waals surface area contributed by atoms with E-state index in [-0.39, 0.29) is 12.0 Å². The minimum atomic E-state index is -0.752. The second-order valence-corrected chi connectivity index (χ2v) is 6.21. The molecule has 0 spiro atoms. The van der Waals surface area contributed by atoms with E-state index in [2.05, 4.69) is 9.98 Å². The third kappa shape index (κ3) is 2.93. The second kappa shape index (κ2) is 6.85. The zero-order valence-corrected chi connectivity index (χ0v) is 14.6. The van der Waals surface area contributed by atoms with E-state index in [0.717, 1.165) is 21.4 Å². The van der Waals surface area contributed by atoms with Crippen LogP contribution in [0.4, 0.5) is 5.69 Å². The average molecular weight is 370 g/mol. The molecule has 0 fully saturated rings. The summed E-state index contributed by atoms with van der Waals surface area (Å²) in [4.78, 5) is 31.2. The summed E-state index contributed by atoms with van der Waals surface area (Å²) in [6.07, 6.45) is 3.35. The Bertz CT molecular complexity index is 1290. The van der Waals surface area contributed by atoms with Crippen LogP contribution in [0, 0.1) is 11.3 Å². The lowest BCUT2D eigenvalue weighted by molar-refractivity contribution is 0.429. The van der Waals surface area contributed by atoms with E-state index in [0.29, 0.717) is 11.3 Å². The summed E-state index contributed by atoms with van der Waals surface area (Å²) in [5.41, 5.74) is 1.93. The molecular weight excluding hydrogens is 356 g/mol. The number of H-pyrrole nitrogens is 1. The van der Waals surface area contributed by atoms with Crippen molar-refractivity contribution in [1.82, 2.24) is 9.55 Å². The summed E-state index contributed by atoms with van der Waals surface area (Å²) in [5.74, 6) is -0.466. The number of nitrogens with one attached hydrogen (secondary N) is 1. The second-order valence-electron chi connectivity index (χ2n) is 6.21. The van der Waals surface area contributed by atoms with Crippen LogP contribution in [-0.4, -0.2) is 20.9 Å². The molecule has 28 heavy (non-hydrogen) atoms. The Balaban J connectivity index is 1.85. The molecule has 1 aromatic heterocycles. The Hall–Kier alpha value is -4.18. The van der Waals surface area contributed by atoms with Crippen LogP contribution in [0.1, 0.15) is 16.7 Å². The van der Waals surface area contributed by atoms with E-state index in [9.17, 15) is 14.7 Å². The molecule has 1 aliphatic rings. The van der Waals surface area contributed by atoms with Gasteiger partial charge in [0.15, 0.2) is 0 Å². The number of fused-ring (bicyclic) bond motifs is 1. The molecule has 0 bridgehead atoms. The van der Waals surface area contributed by atoms with Gasteiger partial charge in [-0.1, -0.05) is 30.3 Å². The molecule has 136 valence electrons. The summed E-state index contributed by atoms with van der Waals surface area (Å²) in [5, 5.41) is 19.5.